The molecule has 2 aromatic rings. The molecule has 0 aliphatic carbocycles. The van der Waals surface area contributed by atoms with Crippen LogP contribution in [-0.4, -0.2) is 17.2 Å². The first kappa shape index (κ1) is 17.2. The maximum atomic E-state index is 5.45. The molecule has 0 radical (unpaired) electrons. The molecule has 0 spiro atoms. The molecule has 0 fully saturated rings. The fraction of sp³-hybridized carbons (Fsp3) is 0.333. The Balaban J connectivity index is 2.07. The Morgan fingerprint density at radius 2 is 1.91 bits per heavy atom. The summed E-state index contributed by atoms with van der Waals surface area (Å²) in [6.45, 7) is 6.49. The molecule has 122 valence electrons. The van der Waals surface area contributed by atoms with Gasteiger partial charge in [0.2, 0.25) is 5.88 Å². The van der Waals surface area contributed by atoms with E-state index in [-0.39, 0.29) is 6.04 Å². The predicted octanol–water partition coefficient (Wildman–Crippen LogP) is 4.08. The van der Waals surface area contributed by atoms with Gasteiger partial charge < -0.3 is 15.4 Å². The third-order valence-corrected chi connectivity index (χ3v) is 3.90. The molecule has 0 aliphatic heterocycles. The van der Waals surface area contributed by atoms with Crippen LogP contribution in [0.2, 0.25) is 0 Å². The Hall–Kier alpha value is -2.14. The van der Waals surface area contributed by atoms with Crippen LogP contribution in [0.15, 0.2) is 42.6 Å². The molecule has 23 heavy (non-hydrogen) atoms. The van der Waals surface area contributed by atoms with E-state index < -0.39 is 0 Å². The van der Waals surface area contributed by atoms with Crippen LogP contribution in [0.25, 0.3) is 0 Å². The quantitative estimate of drug-likeness (QED) is 0.809. The second-order valence-electron chi connectivity index (χ2n) is 5.77. The van der Waals surface area contributed by atoms with Gasteiger partial charge in [-0.05, 0) is 42.3 Å². The Morgan fingerprint density at radius 3 is 2.48 bits per heavy atom. The molecule has 0 aliphatic rings. The van der Waals surface area contributed by atoms with Gasteiger partial charge in [0.05, 0.1) is 25.0 Å². The first-order valence-electron chi connectivity index (χ1n) is 7.64. The van der Waals surface area contributed by atoms with Gasteiger partial charge in [-0.1, -0.05) is 38.1 Å². The molecule has 0 saturated carbocycles. The number of rotatable bonds is 5. The lowest BCUT2D eigenvalue weighted by molar-refractivity contribution is 0.398. The molecule has 0 unspecified atom stereocenters. The third-order valence-electron chi connectivity index (χ3n) is 3.68. The van der Waals surface area contributed by atoms with E-state index >= 15 is 0 Å². The molecule has 0 bridgehead atoms. The molecule has 1 heterocycles. The SMILES string of the molecule is COc1ccc(NC(=S)N[C@@H](c2ccccc2C)C(C)C)cn1. The van der Waals surface area contributed by atoms with Crippen molar-refractivity contribution in [1.82, 2.24) is 10.3 Å². The van der Waals surface area contributed by atoms with E-state index in [9.17, 15) is 0 Å². The number of pyridine rings is 1. The molecule has 1 atom stereocenters. The fourth-order valence-electron chi connectivity index (χ4n) is 2.42. The van der Waals surface area contributed by atoms with E-state index in [2.05, 4.69) is 60.7 Å². The minimum atomic E-state index is 0.155. The number of hydrogen-bond acceptors (Lipinski definition) is 3. The predicted molar refractivity (Wildman–Crippen MR) is 98.9 cm³/mol. The second kappa shape index (κ2) is 7.92. The average molecular weight is 329 g/mol. The highest BCUT2D eigenvalue weighted by Gasteiger charge is 2.18. The van der Waals surface area contributed by atoms with E-state index in [4.69, 9.17) is 17.0 Å². The van der Waals surface area contributed by atoms with Crippen LogP contribution in [0.4, 0.5) is 5.69 Å². The summed E-state index contributed by atoms with van der Waals surface area (Å²) in [5, 5.41) is 7.16. The van der Waals surface area contributed by atoms with Crippen molar-refractivity contribution < 1.29 is 4.74 Å². The summed E-state index contributed by atoms with van der Waals surface area (Å²) < 4.78 is 5.05. The molecular formula is C18H23N3OS. The number of hydrogen-bond donors (Lipinski definition) is 2. The van der Waals surface area contributed by atoms with Crippen LogP contribution < -0.4 is 15.4 Å². The zero-order valence-corrected chi connectivity index (χ0v) is 14.8. The molecule has 2 N–H and O–H groups in total. The van der Waals surface area contributed by atoms with Crippen molar-refractivity contribution in [3.63, 3.8) is 0 Å². The van der Waals surface area contributed by atoms with Crippen molar-refractivity contribution in [1.29, 1.82) is 0 Å². The molecule has 5 heteroatoms. The van der Waals surface area contributed by atoms with Crippen LogP contribution in [0.1, 0.15) is 31.0 Å². The van der Waals surface area contributed by atoms with E-state index in [0.717, 1.165) is 5.69 Å². The Bertz CT molecular complexity index is 656. The monoisotopic (exact) mass is 329 g/mol. The maximum absolute atomic E-state index is 5.45. The van der Waals surface area contributed by atoms with E-state index in [1.165, 1.54) is 11.1 Å². The first-order chi connectivity index (χ1) is 11.0. The van der Waals surface area contributed by atoms with E-state index in [1.807, 2.05) is 6.07 Å². The number of methoxy groups -OCH3 is 1. The summed E-state index contributed by atoms with van der Waals surface area (Å²) in [7, 11) is 1.59. The van der Waals surface area contributed by atoms with Gasteiger partial charge in [-0.25, -0.2) is 4.98 Å². The molecule has 0 amide bonds. The number of aromatic nitrogens is 1. The Kier molecular flexibility index (Phi) is 5.93. The van der Waals surface area contributed by atoms with Crippen LogP contribution in [0.5, 0.6) is 5.88 Å². The number of ether oxygens (including phenoxy) is 1. The minimum Gasteiger partial charge on any atom is -0.481 e. The molecule has 1 aromatic heterocycles. The van der Waals surface area contributed by atoms with Crippen molar-refractivity contribution in [2.24, 2.45) is 5.92 Å². The summed E-state index contributed by atoms with van der Waals surface area (Å²) in [6.07, 6.45) is 1.70. The topological polar surface area (TPSA) is 46.2 Å². The maximum Gasteiger partial charge on any atom is 0.213 e. The standard InChI is InChI=1S/C18H23N3OS/c1-12(2)17(15-8-6-5-7-13(15)3)21-18(23)20-14-9-10-16(22-4)19-11-14/h5-12,17H,1-4H3,(H2,20,21,23)/t17-/m1/s1. The highest BCUT2D eigenvalue weighted by molar-refractivity contribution is 7.80. The number of benzene rings is 1. The molecular weight excluding hydrogens is 306 g/mol. The van der Waals surface area contributed by atoms with Gasteiger partial charge in [0.1, 0.15) is 0 Å². The largest absolute Gasteiger partial charge is 0.481 e. The normalized spacial score (nSPS) is 11.9. The van der Waals surface area contributed by atoms with E-state index in [1.54, 1.807) is 19.4 Å². The van der Waals surface area contributed by atoms with Gasteiger partial charge in [-0.3, -0.25) is 0 Å². The molecule has 2 rings (SSSR count). The van der Waals surface area contributed by atoms with Gasteiger partial charge in [0.25, 0.3) is 0 Å². The fourth-order valence-corrected chi connectivity index (χ4v) is 2.67. The minimum absolute atomic E-state index is 0.155. The van der Waals surface area contributed by atoms with E-state index in [0.29, 0.717) is 16.9 Å². The average Bonchev–Trinajstić information content (AvgIpc) is 2.54. The zero-order chi connectivity index (χ0) is 16.8. The van der Waals surface area contributed by atoms with Crippen molar-refractivity contribution in [3.05, 3.63) is 53.7 Å². The third kappa shape index (κ3) is 4.66. The highest BCUT2D eigenvalue weighted by atomic mass is 32.1. The van der Waals surface area contributed by atoms with Crippen LogP contribution >= 0.6 is 12.2 Å². The zero-order valence-electron chi connectivity index (χ0n) is 14.0. The lowest BCUT2D eigenvalue weighted by Crippen LogP contribution is -2.35. The van der Waals surface area contributed by atoms with Gasteiger partial charge in [-0.2, -0.15) is 0 Å². The Morgan fingerprint density at radius 1 is 1.17 bits per heavy atom. The molecule has 0 saturated heterocycles. The number of nitrogens with one attached hydrogen (secondary N) is 2. The van der Waals surface area contributed by atoms with Crippen molar-refractivity contribution in [2.45, 2.75) is 26.8 Å². The number of thiocarbonyl (C=S) groups is 1. The smallest absolute Gasteiger partial charge is 0.213 e. The van der Waals surface area contributed by atoms with Crippen molar-refractivity contribution in [2.75, 3.05) is 12.4 Å². The first-order valence-corrected chi connectivity index (χ1v) is 8.05. The van der Waals surface area contributed by atoms with Crippen LogP contribution in [0, 0.1) is 12.8 Å². The van der Waals surface area contributed by atoms with Gasteiger partial charge in [0, 0.05) is 6.07 Å². The highest BCUT2D eigenvalue weighted by Crippen LogP contribution is 2.24. The number of aryl methyl sites for hydroxylation is 1. The molecule has 4 nitrogen and oxygen atoms in total. The summed E-state index contributed by atoms with van der Waals surface area (Å²) in [4.78, 5) is 4.16. The van der Waals surface area contributed by atoms with Crippen LogP contribution in [0.3, 0.4) is 0 Å². The number of nitrogens with zero attached hydrogens (tertiary/aromatic N) is 1. The lowest BCUT2D eigenvalue weighted by atomic mass is 9.93. The van der Waals surface area contributed by atoms with Gasteiger partial charge in [-0.15, -0.1) is 0 Å². The van der Waals surface area contributed by atoms with Gasteiger partial charge >= 0.3 is 0 Å². The second-order valence-corrected chi connectivity index (χ2v) is 6.17. The summed E-state index contributed by atoms with van der Waals surface area (Å²) in [6, 6.07) is 12.2. The Labute approximate surface area is 143 Å². The summed E-state index contributed by atoms with van der Waals surface area (Å²) in [5.74, 6) is 0.985. The summed E-state index contributed by atoms with van der Waals surface area (Å²) >= 11 is 5.45. The lowest BCUT2D eigenvalue weighted by Gasteiger charge is -2.26. The number of anilines is 1. The van der Waals surface area contributed by atoms with Crippen LogP contribution in [-0.2, 0) is 0 Å². The molecule has 1 aromatic carbocycles. The summed E-state index contributed by atoms with van der Waals surface area (Å²) in [5.41, 5.74) is 3.35. The van der Waals surface area contributed by atoms with Gasteiger partial charge in [0.15, 0.2) is 5.11 Å². The van der Waals surface area contributed by atoms with Crippen molar-refractivity contribution >= 4 is 23.0 Å². The van der Waals surface area contributed by atoms with Crippen molar-refractivity contribution in [3.8, 4) is 5.88 Å².